The Hall–Kier alpha value is -0.870. The third-order valence-electron chi connectivity index (χ3n) is 3.25. The Kier molecular flexibility index (Phi) is 5.61. The fourth-order valence-electron chi connectivity index (χ4n) is 2.10. The molecule has 106 valence electrons. The zero-order valence-electron chi connectivity index (χ0n) is 11.1. The zero-order chi connectivity index (χ0) is 14.5. The lowest BCUT2D eigenvalue weighted by atomic mass is 9.93. The van der Waals surface area contributed by atoms with Gasteiger partial charge in [-0.05, 0) is 53.8 Å². The van der Waals surface area contributed by atoms with Crippen LogP contribution in [-0.4, -0.2) is 12.4 Å². The summed E-state index contributed by atoms with van der Waals surface area (Å²) in [5.41, 5.74) is 2.30. The molecule has 0 fully saturated rings. The lowest BCUT2D eigenvalue weighted by molar-refractivity contribution is 0.414. The summed E-state index contributed by atoms with van der Waals surface area (Å²) >= 11 is 7.12. The van der Waals surface area contributed by atoms with E-state index in [0.717, 1.165) is 27.5 Å². The monoisotopic (exact) mass is 400 g/mol. The number of halogens is 3. The number of methoxy groups -OCH3 is 1. The molecule has 2 aromatic carbocycles. The van der Waals surface area contributed by atoms with Gasteiger partial charge in [0.2, 0.25) is 0 Å². The molecule has 0 aliphatic rings. The van der Waals surface area contributed by atoms with E-state index in [9.17, 15) is 4.39 Å². The first-order valence-corrected chi connectivity index (χ1v) is 8.19. The molecule has 2 rings (SSSR count). The number of hydrogen-bond donors (Lipinski definition) is 0. The molecule has 0 N–H and O–H groups in total. The third kappa shape index (κ3) is 3.83. The molecule has 2 aromatic rings. The van der Waals surface area contributed by atoms with Gasteiger partial charge in [0.15, 0.2) is 0 Å². The van der Waals surface area contributed by atoms with Crippen molar-refractivity contribution in [1.82, 2.24) is 0 Å². The molecule has 1 atom stereocenters. The standard InChI is InChI=1S/C16H15Br2FO/c1-20-15-6-7-16(18)12(9-15)8-13(10-17)11-2-4-14(19)5-3-11/h2-7,9,13H,8,10H2,1H3. The van der Waals surface area contributed by atoms with Crippen molar-refractivity contribution in [3.05, 3.63) is 63.9 Å². The maximum Gasteiger partial charge on any atom is 0.123 e. The Balaban J connectivity index is 2.23. The molecule has 0 aromatic heterocycles. The molecular formula is C16H15Br2FO. The van der Waals surface area contributed by atoms with Gasteiger partial charge in [0.05, 0.1) is 7.11 Å². The summed E-state index contributed by atoms with van der Waals surface area (Å²) in [5, 5.41) is 0.822. The first kappa shape index (κ1) is 15.5. The largest absolute Gasteiger partial charge is 0.497 e. The van der Waals surface area contributed by atoms with Crippen LogP contribution < -0.4 is 4.74 Å². The molecule has 0 aliphatic carbocycles. The average Bonchev–Trinajstić information content (AvgIpc) is 2.47. The fraction of sp³-hybridized carbons (Fsp3) is 0.250. The van der Waals surface area contributed by atoms with Crippen LogP contribution in [0.4, 0.5) is 4.39 Å². The van der Waals surface area contributed by atoms with Crippen LogP contribution in [0.5, 0.6) is 5.75 Å². The molecule has 1 unspecified atom stereocenters. The predicted octanol–water partition coefficient (Wildman–Crippen LogP) is 5.32. The van der Waals surface area contributed by atoms with Gasteiger partial charge in [-0.1, -0.05) is 44.0 Å². The topological polar surface area (TPSA) is 9.23 Å². The van der Waals surface area contributed by atoms with Crippen LogP contribution in [0.2, 0.25) is 0 Å². The summed E-state index contributed by atoms with van der Waals surface area (Å²) in [4.78, 5) is 0. The predicted molar refractivity (Wildman–Crippen MR) is 87.3 cm³/mol. The highest BCUT2D eigenvalue weighted by Crippen LogP contribution is 2.29. The molecule has 0 spiro atoms. The lowest BCUT2D eigenvalue weighted by Crippen LogP contribution is -2.05. The first-order chi connectivity index (χ1) is 9.63. The van der Waals surface area contributed by atoms with Crippen molar-refractivity contribution in [3.8, 4) is 5.75 Å². The van der Waals surface area contributed by atoms with E-state index < -0.39 is 0 Å². The summed E-state index contributed by atoms with van der Waals surface area (Å²) in [6.45, 7) is 0. The van der Waals surface area contributed by atoms with E-state index in [1.165, 1.54) is 17.7 Å². The molecule has 0 aliphatic heterocycles. The van der Waals surface area contributed by atoms with E-state index >= 15 is 0 Å². The summed E-state index contributed by atoms with van der Waals surface area (Å²) in [7, 11) is 1.66. The Morgan fingerprint density at radius 3 is 2.45 bits per heavy atom. The third-order valence-corrected chi connectivity index (χ3v) is 4.80. The van der Waals surface area contributed by atoms with E-state index in [4.69, 9.17) is 4.74 Å². The van der Waals surface area contributed by atoms with Crippen LogP contribution >= 0.6 is 31.9 Å². The van der Waals surface area contributed by atoms with Gasteiger partial charge in [0, 0.05) is 9.80 Å². The second kappa shape index (κ2) is 7.23. The molecule has 0 heterocycles. The highest BCUT2D eigenvalue weighted by molar-refractivity contribution is 9.10. The van der Waals surface area contributed by atoms with E-state index in [1.54, 1.807) is 7.11 Å². The van der Waals surface area contributed by atoms with Gasteiger partial charge in [-0.15, -0.1) is 0 Å². The quantitative estimate of drug-likeness (QED) is 0.616. The molecular weight excluding hydrogens is 387 g/mol. The van der Waals surface area contributed by atoms with Crippen molar-refractivity contribution >= 4 is 31.9 Å². The summed E-state index contributed by atoms with van der Waals surface area (Å²) < 4.78 is 19.3. The number of ether oxygens (including phenoxy) is 1. The second-order valence-electron chi connectivity index (χ2n) is 4.56. The van der Waals surface area contributed by atoms with Crippen LogP contribution in [0.1, 0.15) is 17.0 Å². The minimum atomic E-state index is -0.204. The summed E-state index contributed by atoms with van der Waals surface area (Å²) in [6, 6.07) is 12.6. The summed E-state index contributed by atoms with van der Waals surface area (Å²) in [6.07, 6.45) is 0.856. The van der Waals surface area contributed by atoms with Gasteiger partial charge in [-0.3, -0.25) is 0 Å². The summed E-state index contributed by atoms with van der Waals surface area (Å²) in [5.74, 6) is 0.930. The van der Waals surface area contributed by atoms with Gasteiger partial charge in [0.1, 0.15) is 11.6 Å². The average molecular weight is 402 g/mol. The number of benzene rings is 2. The molecule has 0 bridgehead atoms. The second-order valence-corrected chi connectivity index (χ2v) is 6.07. The first-order valence-electron chi connectivity index (χ1n) is 6.28. The van der Waals surface area contributed by atoms with Gasteiger partial charge < -0.3 is 4.74 Å². The van der Waals surface area contributed by atoms with Crippen LogP contribution in [0.3, 0.4) is 0 Å². The maximum absolute atomic E-state index is 13.0. The molecule has 0 saturated heterocycles. The Morgan fingerprint density at radius 2 is 1.85 bits per heavy atom. The Morgan fingerprint density at radius 1 is 1.15 bits per heavy atom. The molecule has 4 heteroatoms. The van der Waals surface area contributed by atoms with Crippen molar-refractivity contribution in [3.63, 3.8) is 0 Å². The van der Waals surface area contributed by atoms with Crippen molar-refractivity contribution < 1.29 is 9.13 Å². The lowest BCUT2D eigenvalue weighted by Gasteiger charge is -2.16. The minimum absolute atomic E-state index is 0.204. The highest BCUT2D eigenvalue weighted by atomic mass is 79.9. The number of hydrogen-bond acceptors (Lipinski definition) is 1. The van der Waals surface area contributed by atoms with E-state index in [-0.39, 0.29) is 5.82 Å². The smallest absolute Gasteiger partial charge is 0.123 e. The van der Waals surface area contributed by atoms with Crippen molar-refractivity contribution in [2.45, 2.75) is 12.3 Å². The van der Waals surface area contributed by atoms with Crippen molar-refractivity contribution in [2.75, 3.05) is 12.4 Å². The van der Waals surface area contributed by atoms with Crippen LogP contribution in [0.25, 0.3) is 0 Å². The van der Waals surface area contributed by atoms with Crippen molar-refractivity contribution in [2.24, 2.45) is 0 Å². The molecule has 20 heavy (non-hydrogen) atoms. The minimum Gasteiger partial charge on any atom is -0.497 e. The maximum atomic E-state index is 13.0. The van der Waals surface area contributed by atoms with E-state index in [1.807, 2.05) is 30.3 Å². The van der Waals surface area contributed by atoms with Gasteiger partial charge in [-0.2, -0.15) is 0 Å². The molecule has 1 nitrogen and oxygen atoms in total. The van der Waals surface area contributed by atoms with Crippen LogP contribution in [-0.2, 0) is 6.42 Å². The fourth-order valence-corrected chi connectivity index (χ4v) is 3.11. The van der Waals surface area contributed by atoms with Gasteiger partial charge in [-0.25, -0.2) is 4.39 Å². The number of alkyl halides is 1. The molecule has 0 radical (unpaired) electrons. The van der Waals surface area contributed by atoms with Crippen LogP contribution in [0.15, 0.2) is 46.9 Å². The zero-order valence-corrected chi connectivity index (χ0v) is 14.2. The van der Waals surface area contributed by atoms with Gasteiger partial charge in [0.25, 0.3) is 0 Å². The molecule has 0 amide bonds. The highest BCUT2D eigenvalue weighted by Gasteiger charge is 2.13. The molecule has 0 saturated carbocycles. The van der Waals surface area contributed by atoms with Crippen molar-refractivity contribution in [1.29, 1.82) is 0 Å². The Labute approximate surface area is 135 Å². The van der Waals surface area contributed by atoms with Gasteiger partial charge >= 0.3 is 0 Å². The van der Waals surface area contributed by atoms with E-state index in [2.05, 4.69) is 31.9 Å². The normalized spacial score (nSPS) is 12.2. The van der Waals surface area contributed by atoms with Crippen LogP contribution in [0, 0.1) is 5.82 Å². The van der Waals surface area contributed by atoms with E-state index in [0.29, 0.717) is 5.92 Å². The Bertz CT molecular complexity index is 569. The number of rotatable bonds is 5. The SMILES string of the molecule is COc1ccc(Br)c(CC(CBr)c2ccc(F)cc2)c1.